The molecule has 0 bridgehead atoms. The van der Waals surface area contributed by atoms with Gasteiger partial charge in [-0.05, 0) is 67.8 Å². The number of ether oxygens (including phenoxy) is 1. The van der Waals surface area contributed by atoms with Gasteiger partial charge in [0.15, 0.2) is 0 Å². The Morgan fingerprint density at radius 3 is 2.52 bits per heavy atom. The van der Waals surface area contributed by atoms with Crippen LogP contribution in [0.5, 0.6) is 5.75 Å². The molecule has 0 aliphatic heterocycles. The van der Waals surface area contributed by atoms with Crippen molar-refractivity contribution in [2.24, 2.45) is 0 Å². The molecule has 0 radical (unpaired) electrons. The lowest BCUT2D eigenvalue weighted by molar-refractivity contribution is 0.247. The van der Waals surface area contributed by atoms with Crippen molar-refractivity contribution in [1.82, 2.24) is 5.32 Å². The fourth-order valence-corrected chi connectivity index (χ4v) is 2.32. The normalized spacial score (nSPS) is 10.3. The maximum atomic E-state index is 11.8. The molecular weight excluding hydrogens is 312 g/mol. The highest BCUT2D eigenvalue weighted by Gasteiger charge is 2.04. The van der Waals surface area contributed by atoms with Crippen LogP contribution in [0.3, 0.4) is 0 Å². The number of carbonyl (C=O) groups excluding carboxylic acids is 1. The highest BCUT2D eigenvalue weighted by molar-refractivity contribution is 6.30. The highest BCUT2D eigenvalue weighted by atomic mass is 35.5. The van der Waals surface area contributed by atoms with E-state index in [1.807, 2.05) is 51.1 Å². The standard InChI is InChI=1S/C18H21ClN2O2/c1-12-4-6-16(11-13(12)2)21-18(22)20-8-9-23-17-7-5-15(19)10-14(17)3/h4-7,10-11H,8-9H2,1-3H3,(H2,20,21,22). The Balaban J connectivity index is 1.75. The number of urea groups is 1. The number of halogens is 1. The number of amides is 2. The first kappa shape index (κ1) is 17.2. The molecule has 122 valence electrons. The zero-order valence-corrected chi connectivity index (χ0v) is 14.3. The second-order valence-electron chi connectivity index (χ2n) is 5.44. The fraction of sp³-hybridized carbons (Fsp3) is 0.278. The van der Waals surface area contributed by atoms with Crippen LogP contribution in [0.25, 0.3) is 0 Å². The first-order valence-corrected chi connectivity index (χ1v) is 7.84. The molecule has 0 atom stereocenters. The Hall–Kier alpha value is -2.20. The van der Waals surface area contributed by atoms with Crippen LogP contribution < -0.4 is 15.4 Å². The van der Waals surface area contributed by atoms with Gasteiger partial charge in [-0.3, -0.25) is 0 Å². The van der Waals surface area contributed by atoms with Crippen LogP contribution in [-0.4, -0.2) is 19.2 Å². The third-order valence-electron chi connectivity index (χ3n) is 3.55. The highest BCUT2D eigenvalue weighted by Crippen LogP contribution is 2.21. The number of carbonyl (C=O) groups is 1. The average Bonchev–Trinajstić information content (AvgIpc) is 2.49. The summed E-state index contributed by atoms with van der Waals surface area (Å²) in [6.45, 7) is 6.79. The minimum Gasteiger partial charge on any atom is -0.491 e. The van der Waals surface area contributed by atoms with E-state index in [1.54, 1.807) is 6.07 Å². The summed E-state index contributed by atoms with van der Waals surface area (Å²) in [5.74, 6) is 0.769. The molecule has 23 heavy (non-hydrogen) atoms. The first-order chi connectivity index (χ1) is 11.0. The third-order valence-corrected chi connectivity index (χ3v) is 3.78. The second kappa shape index (κ2) is 7.88. The molecule has 2 aromatic carbocycles. The molecule has 0 aliphatic carbocycles. The van der Waals surface area contributed by atoms with E-state index in [2.05, 4.69) is 10.6 Å². The molecule has 0 spiro atoms. The fourth-order valence-electron chi connectivity index (χ4n) is 2.09. The molecule has 0 aromatic heterocycles. The van der Waals surface area contributed by atoms with E-state index >= 15 is 0 Å². The van der Waals surface area contributed by atoms with Gasteiger partial charge >= 0.3 is 6.03 Å². The SMILES string of the molecule is Cc1ccc(NC(=O)NCCOc2ccc(Cl)cc2C)cc1C. The molecule has 0 heterocycles. The maximum absolute atomic E-state index is 11.8. The smallest absolute Gasteiger partial charge is 0.319 e. The van der Waals surface area contributed by atoms with Crippen LogP contribution in [0.15, 0.2) is 36.4 Å². The minimum atomic E-state index is -0.246. The summed E-state index contributed by atoms with van der Waals surface area (Å²) >= 11 is 5.90. The number of benzene rings is 2. The Labute approximate surface area is 141 Å². The van der Waals surface area contributed by atoms with Gasteiger partial charge < -0.3 is 15.4 Å². The van der Waals surface area contributed by atoms with Crippen molar-refractivity contribution in [3.63, 3.8) is 0 Å². The summed E-state index contributed by atoms with van der Waals surface area (Å²) in [6.07, 6.45) is 0. The van der Waals surface area contributed by atoms with Crippen LogP contribution in [0.4, 0.5) is 10.5 Å². The molecule has 0 fully saturated rings. The molecule has 5 heteroatoms. The Kier molecular flexibility index (Phi) is 5.88. The summed E-state index contributed by atoms with van der Waals surface area (Å²) in [6, 6.07) is 11.0. The van der Waals surface area contributed by atoms with Crippen LogP contribution in [0.1, 0.15) is 16.7 Å². The predicted octanol–water partition coefficient (Wildman–Crippen LogP) is 4.47. The monoisotopic (exact) mass is 332 g/mol. The van der Waals surface area contributed by atoms with Gasteiger partial charge in [-0.1, -0.05) is 17.7 Å². The van der Waals surface area contributed by atoms with Gasteiger partial charge in [0.1, 0.15) is 12.4 Å². The lowest BCUT2D eigenvalue weighted by Gasteiger charge is -2.11. The van der Waals surface area contributed by atoms with E-state index in [4.69, 9.17) is 16.3 Å². The van der Waals surface area contributed by atoms with Crippen molar-refractivity contribution in [2.75, 3.05) is 18.5 Å². The quantitative estimate of drug-likeness (QED) is 0.794. The van der Waals surface area contributed by atoms with Crippen LogP contribution >= 0.6 is 11.6 Å². The van der Waals surface area contributed by atoms with Crippen molar-refractivity contribution >= 4 is 23.3 Å². The van der Waals surface area contributed by atoms with Crippen LogP contribution in [-0.2, 0) is 0 Å². The van der Waals surface area contributed by atoms with Crippen molar-refractivity contribution < 1.29 is 9.53 Å². The summed E-state index contributed by atoms with van der Waals surface area (Å²) in [4.78, 5) is 11.8. The van der Waals surface area contributed by atoms with Gasteiger partial charge in [0.25, 0.3) is 0 Å². The number of nitrogens with one attached hydrogen (secondary N) is 2. The van der Waals surface area contributed by atoms with Crippen LogP contribution in [0.2, 0.25) is 5.02 Å². The topological polar surface area (TPSA) is 50.4 Å². The third kappa shape index (κ3) is 5.18. The summed E-state index contributed by atoms with van der Waals surface area (Å²) < 4.78 is 5.63. The largest absolute Gasteiger partial charge is 0.491 e. The molecule has 2 rings (SSSR count). The van der Waals surface area contributed by atoms with Crippen LogP contribution in [0, 0.1) is 20.8 Å². The molecular formula is C18H21ClN2O2. The Bertz CT molecular complexity index is 701. The molecule has 0 aliphatic rings. The molecule has 0 saturated carbocycles. The van der Waals surface area contributed by atoms with Crippen molar-refractivity contribution in [3.8, 4) is 5.75 Å². The van der Waals surface area contributed by atoms with Gasteiger partial charge in [-0.15, -0.1) is 0 Å². The average molecular weight is 333 g/mol. The lowest BCUT2D eigenvalue weighted by atomic mass is 10.1. The summed E-state index contributed by atoms with van der Waals surface area (Å²) in [5, 5.41) is 6.25. The molecule has 4 nitrogen and oxygen atoms in total. The molecule has 0 unspecified atom stereocenters. The first-order valence-electron chi connectivity index (χ1n) is 7.47. The van der Waals surface area contributed by atoms with E-state index in [-0.39, 0.29) is 6.03 Å². The Morgan fingerprint density at radius 2 is 1.83 bits per heavy atom. The number of aryl methyl sites for hydroxylation is 3. The van der Waals surface area contributed by atoms with E-state index in [0.29, 0.717) is 18.2 Å². The number of hydrogen-bond donors (Lipinski definition) is 2. The van der Waals surface area contributed by atoms with E-state index < -0.39 is 0 Å². The lowest BCUT2D eigenvalue weighted by Crippen LogP contribution is -2.32. The van der Waals surface area contributed by atoms with E-state index in [1.165, 1.54) is 5.56 Å². The molecule has 0 saturated heterocycles. The molecule has 2 aromatic rings. The van der Waals surface area contributed by atoms with Gasteiger partial charge in [-0.2, -0.15) is 0 Å². The summed E-state index contributed by atoms with van der Waals surface area (Å²) in [7, 11) is 0. The van der Waals surface area contributed by atoms with Crippen molar-refractivity contribution in [3.05, 3.63) is 58.1 Å². The molecule has 2 amide bonds. The van der Waals surface area contributed by atoms with Gasteiger partial charge in [0.05, 0.1) is 6.54 Å². The van der Waals surface area contributed by atoms with Crippen molar-refractivity contribution in [2.45, 2.75) is 20.8 Å². The van der Waals surface area contributed by atoms with E-state index in [0.717, 1.165) is 22.6 Å². The number of hydrogen-bond acceptors (Lipinski definition) is 2. The second-order valence-corrected chi connectivity index (χ2v) is 5.87. The van der Waals surface area contributed by atoms with E-state index in [9.17, 15) is 4.79 Å². The van der Waals surface area contributed by atoms with Gasteiger partial charge in [0, 0.05) is 10.7 Å². The number of anilines is 1. The molecule has 2 N–H and O–H groups in total. The Morgan fingerprint density at radius 1 is 1.04 bits per heavy atom. The minimum absolute atomic E-state index is 0.246. The zero-order chi connectivity index (χ0) is 16.8. The number of rotatable bonds is 5. The van der Waals surface area contributed by atoms with Crippen molar-refractivity contribution in [1.29, 1.82) is 0 Å². The van der Waals surface area contributed by atoms with Gasteiger partial charge in [0.2, 0.25) is 0 Å². The summed E-state index contributed by atoms with van der Waals surface area (Å²) in [5.41, 5.74) is 4.09. The zero-order valence-electron chi connectivity index (χ0n) is 13.6. The predicted molar refractivity (Wildman–Crippen MR) is 94.6 cm³/mol. The van der Waals surface area contributed by atoms with Gasteiger partial charge in [-0.25, -0.2) is 4.79 Å². The maximum Gasteiger partial charge on any atom is 0.319 e.